The van der Waals surface area contributed by atoms with Gasteiger partial charge in [0.05, 0.1) is 14.2 Å². The van der Waals surface area contributed by atoms with Crippen molar-refractivity contribution in [2.75, 3.05) is 27.4 Å². The molecule has 1 unspecified atom stereocenters. The fraction of sp³-hybridized carbons (Fsp3) is 0.391. The first-order valence-electron chi connectivity index (χ1n) is 10.1. The van der Waals surface area contributed by atoms with Gasteiger partial charge < -0.3 is 24.4 Å². The maximum absolute atomic E-state index is 13.1. The van der Waals surface area contributed by atoms with Gasteiger partial charge in [0.1, 0.15) is 23.3 Å². The number of nitrogens with zero attached hydrogens (tertiary/aromatic N) is 1. The minimum Gasteiger partial charge on any atom is -0.496 e. The van der Waals surface area contributed by atoms with Crippen LogP contribution >= 0.6 is 11.6 Å². The highest BCUT2D eigenvalue weighted by Gasteiger charge is 2.26. The molecule has 8 heteroatoms. The van der Waals surface area contributed by atoms with Crippen molar-refractivity contribution in [3.8, 4) is 17.2 Å². The number of carbonyl (C=O) groups excluding carboxylic acids is 2. The molecule has 0 aliphatic carbocycles. The second kappa shape index (κ2) is 12.1. The molecule has 0 radical (unpaired) electrons. The van der Waals surface area contributed by atoms with Gasteiger partial charge in [-0.25, -0.2) is 0 Å². The Bertz CT molecular complexity index is 868. The van der Waals surface area contributed by atoms with Crippen molar-refractivity contribution in [2.45, 2.75) is 32.9 Å². The predicted molar refractivity (Wildman–Crippen MR) is 120 cm³/mol. The maximum Gasteiger partial charge on any atom is 0.261 e. The van der Waals surface area contributed by atoms with E-state index in [4.69, 9.17) is 25.8 Å². The SMILES string of the molecule is CCCNC(=O)C(C)N(Cc1cccc(Cl)c1)C(=O)COc1cc(OC)cc(OC)c1. The molecular formula is C23H29ClN2O5. The maximum atomic E-state index is 13.1. The molecule has 0 bridgehead atoms. The molecule has 0 saturated carbocycles. The summed E-state index contributed by atoms with van der Waals surface area (Å²) in [6, 6.07) is 11.5. The van der Waals surface area contributed by atoms with E-state index in [-0.39, 0.29) is 25.0 Å². The summed E-state index contributed by atoms with van der Waals surface area (Å²) in [5, 5.41) is 3.40. The molecule has 0 heterocycles. The van der Waals surface area contributed by atoms with Gasteiger partial charge in [0.2, 0.25) is 5.91 Å². The Morgan fingerprint density at radius 3 is 2.29 bits per heavy atom. The molecule has 2 rings (SSSR count). The van der Waals surface area contributed by atoms with E-state index in [1.54, 1.807) is 43.3 Å². The van der Waals surface area contributed by atoms with Gasteiger partial charge in [-0.05, 0) is 31.0 Å². The molecule has 1 N–H and O–H groups in total. The number of carbonyl (C=O) groups is 2. The number of halogens is 1. The fourth-order valence-corrected chi connectivity index (χ4v) is 3.12. The van der Waals surface area contributed by atoms with Gasteiger partial charge in [0.15, 0.2) is 6.61 Å². The quantitative estimate of drug-likeness (QED) is 0.567. The van der Waals surface area contributed by atoms with Gasteiger partial charge in [-0.15, -0.1) is 0 Å². The van der Waals surface area contributed by atoms with Crippen molar-refractivity contribution in [1.29, 1.82) is 0 Å². The zero-order chi connectivity index (χ0) is 22.8. The molecule has 2 aromatic carbocycles. The van der Waals surface area contributed by atoms with Crippen LogP contribution in [0.3, 0.4) is 0 Å². The van der Waals surface area contributed by atoms with E-state index in [1.807, 2.05) is 13.0 Å². The Labute approximate surface area is 188 Å². The normalized spacial score (nSPS) is 11.4. The summed E-state index contributed by atoms with van der Waals surface area (Å²) in [5.74, 6) is 0.964. The summed E-state index contributed by atoms with van der Waals surface area (Å²) in [6.07, 6.45) is 0.807. The van der Waals surface area contributed by atoms with Crippen LogP contribution in [0.25, 0.3) is 0 Å². The zero-order valence-electron chi connectivity index (χ0n) is 18.3. The largest absolute Gasteiger partial charge is 0.496 e. The lowest BCUT2D eigenvalue weighted by molar-refractivity contribution is -0.142. The number of ether oxygens (including phenoxy) is 3. The number of amides is 2. The molecule has 1 atom stereocenters. The van der Waals surface area contributed by atoms with E-state index in [1.165, 1.54) is 19.1 Å². The molecule has 0 fully saturated rings. The van der Waals surface area contributed by atoms with Gasteiger partial charge >= 0.3 is 0 Å². The summed E-state index contributed by atoms with van der Waals surface area (Å²) < 4.78 is 16.2. The van der Waals surface area contributed by atoms with Crippen LogP contribution in [-0.2, 0) is 16.1 Å². The third kappa shape index (κ3) is 7.36. The molecule has 0 aliphatic rings. The predicted octanol–water partition coefficient (Wildman–Crippen LogP) is 3.68. The Kier molecular flexibility index (Phi) is 9.46. The monoisotopic (exact) mass is 448 g/mol. The summed E-state index contributed by atoms with van der Waals surface area (Å²) in [5.41, 5.74) is 0.819. The zero-order valence-corrected chi connectivity index (χ0v) is 19.1. The number of methoxy groups -OCH3 is 2. The molecule has 0 aromatic heterocycles. The number of rotatable bonds is 11. The van der Waals surface area contributed by atoms with Gasteiger partial charge in [-0.2, -0.15) is 0 Å². The lowest BCUT2D eigenvalue weighted by Gasteiger charge is -2.28. The van der Waals surface area contributed by atoms with Crippen LogP contribution in [0.15, 0.2) is 42.5 Å². The molecule has 7 nitrogen and oxygen atoms in total. The summed E-state index contributed by atoms with van der Waals surface area (Å²) >= 11 is 6.09. The van der Waals surface area contributed by atoms with E-state index < -0.39 is 6.04 Å². The molecule has 2 amide bonds. The van der Waals surface area contributed by atoms with Crippen LogP contribution in [0.1, 0.15) is 25.8 Å². The third-order valence-electron chi connectivity index (χ3n) is 4.65. The van der Waals surface area contributed by atoms with Crippen LogP contribution in [0.5, 0.6) is 17.2 Å². The minimum absolute atomic E-state index is 0.222. The third-order valence-corrected chi connectivity index (χ3v) is 4.88. The highest BCUT2D eigenvalue weighted by atomic mass is 35.5. The first-order valence-corrected chi connectivity index (χ1v) is 10.4. The molecule has 0 saturated heterocycles. The first kappa shape index (κ1) is 24.3. The van der Waals surface area contributed by atoms with Crippen LogP contribution in [0.4, 0.5) is 0 Å². The van der Waals surface area contributed by atoms with E-state index in [0.717, 1.165) is 12.0 Å². The van der Waals surface area contributed by atoms with Crippen LogP contribution < -0.4 is 19.5 Å². The molecule has 31 heavy (non-hydrogen) atoms. The second-order valence-electron chi connectivity index (χ2n) is 6.96. The highest BCUT2D eigenvalue weighted by Crippen LogP contribution is 2.27. The number of nitrogens with one attached hydrogen (secondary N) is 1. The van der Waals surface area contributed by atoms with Crippen molar-refractivity contribution in [1.82, 2.24) is 10.2 Å². The van der Waals surface area contributed by atoms with Crippen molar-refractivity contribution < 1.29 is 23.8 Å². The van der Waals surface area contributed by atoms with Crippen molar-refractivity contribution in [3.63, 3.8) is 0 Å². The lowest BCUT2D eigenvalue weighted by atomic mass is 10.1. The van der Waals surface area contributed by atoms with Gasteiger partial charge in [0.25, 0.3) is 5.91 Å². The Hall–Kier alpha value is -2.93. The highest BCUT2D eigenvalue weighted by molar-refractivity contribution is 6.30. The first-order chi connectivity index (χ1) is 14.9. The smallest absolute Gasteiger partial charge is 0.261 e. The number of benzene rings is 2. The lowest BCUT2D eigenvalue weighted by Crippen LogP contribution is -2.49. The van der Waals surface area contributed by atoms with E-state index in [0.29, 0.717) is 28.8 Å². The van der Waals surface area contributed by atoms with Gasteiger partial charge in [-0.3, -0.25) is 9.59 Å². The van der Waals surface area contributed by atoms with E-state index in [2.05, 4.69) is 5.32 Å². The molecule has 0 aliphatic heterocycles. The average molecular weight is 449 g/mol. The standard InChI is InChI=1S/C23H29ClN2O5/c1-5-9-25-23(28)16(2)26(14-17-7-6-8-18(24)10-17)22(27)15-31-21-12-19(29-3)11-20(13-21)30-4/h6-8,10-13,16H,5,9,14-15H2,1-4H3,(H,25,28). The number of hydrogen-bond acceptors (Lipinski definition) is 5. The fourth-order valence-electron chi connectivity index (χ4n) is 2.90. The van der Waals surface area contributed by atoms with Crippen LogP contribution in [0, 0.1) is 0 Å². The Morgan fingerprint density at radius 2 is 1.71 bits per heavy atom. The molecule has 168 valence electrons. The number of hydrogen-bond donors (Lipinski definition) is 1. The average Bonchev–Trinajstić information content (AvgIpc) is 2.78. The topological polar surface area (TPSA) is 77.1 Å². The molecule has 2 aromatic rings. The van der Waals surface area contributed by atoms with Crippen molar-refractivity contribution in [3.05, 3.63) is 53.1 Å². The summed E-state index contributed by atoms with van der Waals surface area (Å²) in [7, 11) is 3.07. The minimum atomic E-state index is -0.679. The molecular weight excluding hydrogens is 420 g/mol. The van der Waals surface area contributed by atoms with E-state index >= 15 is 0 Å². The Balaban J connectivity index is 2.17. The summed E-state index contributed by atoms with van der Waals surface area (Å²) in [6.45, 7) is 4.19. The van der Waals surface area contributed by atoms with Crippen LogP contribution in [0.2, 0.25) is 5.02 Å². The van der Waals surface area contributed by atoms with Crippen LogP contribution in [-0.4, -0.2) is 50.1 Å². The van der Waals surface area contributed by atoms with Crippen molar-refractivity contribution >= 4 is 23.4 Å². The van der Waals surface area contributed by atoms with Gasteiger partial charge in [-0.1, -0.05) is 30.7 Å². The second-order valence-corrected chi connectivity index (χ2v) is 7.39. The van der Waals surface area contributed by atoms with Gasteiger partial charge in [0, 0.05) is 36.3 Å². The van der Waals surface area contributed by atoms with Crippen molar-refractivity contribution in [2.24, 2.45) is 0 Å². The van der Waals surface area contributed by atoms with E-state index in [9.17, 15) is 9.59 Å². The Morgan fingerprint density at radius 1 is 1.06 bits per heavy atom. The summed E-state index contributed by atoms with van der Waals surface area (Å²) in [4.78, 5) is 27.1. The molecule has 0 spiro atoms.